The van der Waals surface area contributed by atoms with Crippen molar-refractivity contribution in [1.82, 2.24) is 5.48 Å². The minimum absolute atomic E-state index is 0.231. The van der Waals surface area contributed by atoms with Gasteiger partial charge in [-0.1, -0.05) is 6.42 Å². The third-order valence-electron chi connectivity index (χ3n) is 2.29. The van der Waals surface area contributed by atoms with Crippen LogP contribution in [0.1, 0.15) is 25.7 Å². The second kappa shape index (κ2) is 4.20. The molecule has 1 unspecified atom stereocenters. The molecule has 0 aromatic carbocycles. The van der Waals surface area contributed by atoms with Crippen LogP contribution in [-0.4, -0.2) is 31.2 Å². The summed E-state index contributed by atoms with van der Waals surface area (Å²) >= 11 is 0. The standard InChI is InChI=1S/C7H15NO3S/c9-8-5-4-7-3-1-2-6-12(7,10)11/h7-9H,1-6H2. The van der Waals surface area contributed by atoms with E-state index >= 15 is 0 Å². The molecule has 1 aliphatic heterocycles. The molecule has 5 heteroatoms. The Hall–Kier alpha value is -0.130. The van der Waals surface area contributed by atoms with Gasteiger partial charge < -0.3 is 5.21 Å². The minimum Gasteiger partial charge on any atom is -0.317 e. The summed E-state index contributed by atoms with van der Waals surface area (Å²) in [5.74, 6) is 0.323. The molecule has 0 radical (unpaired) electrons. The number of hydroxylamine groups is 1. The van der Waals surface area contributed by atoms with Gasteiger partial charge in [-0.25, -0.2) is 13.9 Å². The highest BCUT2D eigenvalue weighted by Crippen LogP contribution is 2.21. The van der Waals surface area contributed by atoms with Gasteiger partial charge in [-0.15, -0.1) is 0 Å². The van der Waals surface area contributed by atoms with Crippen LogP contribution < -0.4 is 5.48 Å². The molecule has 0 amide bonds. The Labute approximate surface area is 72.8 Å². The molecule has 2 N–H and O–H groups in total. The number of rotatable bonds is 3. The lowest BCUT2D eigenvalue weighted by Gasteiger charge is -2.21. The van der Waals surface area contributed by atoms with Crippen molar-refractivity contribution in [3.05, 3.63) is 0 Å². The van der Waals surface area contributed by atoms with E-state index in [1.165, 1.54) is 0 Å². The van der Waals surface area contributed by atoms with Gasteiger partial charge in [0.25, 0.3) is 0 Å². The van der Waals surface area contributed by atoms with Crippen molar-refractivity contribution in [2.75, 3.05) is 12.3 Å². The van der Waals surface area contributed by atoms with Crippen LogP contribution in [0.3, 0.4) is 0 Å². The van der Waals surface area contributed by atoms with E-state index in [4.69, 9.17) is 5.21 Å². The molecule has 0 saturated carbocycles. The van der Waals surface area contributed by atoms with E-state index in [0.717, 1.165) is 19.3 Å². The van der Waals surface area contributed by atoms with Crippen LogP contribution in [0.5, 0.6) is 0 Å². The third-order valence-corrected chi connectivity index (χ3v) is 4.64. The molecule has 4 nitrogen and oxygen atoms in total. The van der Waals surface area contributed by atoms with E-state index in [-0.39, 0.29) is 5.25 Å². The zero-order valence-corrected chi connectivity index (χ0v) is 7.81. The smallest absolute Gasteiger partial charge is 0.153 e. The Balaban J connectivity index is 2.49. The molecule has 1 heterocycles. The molecular formula is C7H15NO3S. The first-order chi connectivity index (χ1) is 5.67. The average molecular weight is 193 g/mol. The van der Waals surface area contributed by atoms with Crippen LogP contribution in [0.15, 0.2) is 0 Å². The summed E-state index contributed by atoms with van der Waals surface area (Å²) in [5.41, 5.74) is 1.99. The van der Waals surface area contributed by atoms with Crippen LogP contribution >= 0.6 is 0 Å². The lowest BCUT2D eigenvalue weighted by Crippen LogP contribution is -2.31. The van der Waals surface area contributed by atoms with E-state index in [9.17, 15) is 8.42 Å². The monoisotopic (exact) mass is 193 g/mol. The van der Waals surface area contributed by atoms with Gasteiger partial charge in [0.1, 0.15) is 0 Å². The molecule has 1 atom stereocenters. The van der Waals surface area contributed by atoms with Gasteiger partial charge in [-0.05, 0) is 19.3 Å². The zero-order chi connectivity index (χ0) is 9.03. The average Bonchev–Trinajstić information content (AvgIpc) is 2.02. The van der Waals surface area contributed by atoms with Gasteiger partial charge in [0.15, 0.2) is 9.84 Å². The van der Waals surface area contributed by atoms with Crippen LogP contribution in [-0.2, 0) is 9.84 Å². The third kappa shape index (κ3) is 2.43. The lowest BCUT2D eigenvalue weighted by molar-refractivity contribution is 0.164. The molecule has 0 bridgehead atoms. The van der Waals surface area contributed by atoms with Gasteiger partial charge in [0.05, 0.1) is 11.0 Å². The number of sulfone groups is 1. The zero-order valence-electron chi connectivity index (χ0n) is 6.99. The van der Waals surface area contributed by atoms with Gasteiger partial charge in [-0.3, -0.25) is 0 Å². The fraction of sp³-hybridized carbons (Fsp3) is 1.00. The molecule has 12 heavy (non-hydrogen) atoms. The summed E-state index contributed by atoms with van der Waals surface area (Å²) in [6.45, 7) is 0.365. The van der Waals surface area contributed by atoms with Gasteiger partial charge in [0, 0.05) is 6.54 Å². The van der Waals surface area contributed by atoms with E-state index in [1.807, 2.05) is 5.48 Å². The van der Waals surface area contributed by atoms with Gasteiger partial charge >= 0.3 is 0 Å². The fourth-order valence-corrected chi connectivity index (χ4v) is 3.51. The molecule has 0 spiro atoms. The normalized spacial score (nSPS) is 28.6. The molecule has 0 aromatic heterocycles. The maximum Gasteiger partial charge on any atom is 0.153 e. The van der Waals surface area contributed by atoms with Crippen molar-refractivity contribution in [2.45, 2.75) is 30.9 Å². The maximum atomic E-state index is 11.4. The quantitative estimate of drug-likeness (QED) is 0.634. The molecule has 0 aliphatic carbocycles. The summed E-state index contributed by atoms with van der Waals surface area (Å²) in [6.07, 6.45) is 3.07. The number of hydrogen-bond donors (Lipinski definition) is 2. The summed E-state index contributed by atoms with van der Waals surface area (Å²) in [5, 5.41) is 8.09. The van der Waals surface area contributed by atoms with Gasteiger partial charge in [-0.2, -0.15) is 0 Å². The molecule has 1 saturated heterocycles. The number of nitrogens with one attached hydrogen (secondary N) is 1. The van der Waals surface area contributed by atoms with E-state index in [1.54, 1.807) is 0 Å². The highest BCUT2D eigenvalue weighted by molar-refractivity contribution is 7.92. The Morgan fingerprint density at radius 2 is 2.17 bits per heavy atom. The Morgan fingerprint density at radius 3 is 2.75 bits per heavy atom. The maximum absolute atomic E-state index is 11.4. The predicted octanol–water partition coefficient (Wildman–Crippen LogP) is 0.323. The van der Waals surface area contributed by atoms with Crippen molar-refractivity contribution in [3.63, 3.8) is 0 Å². The Bertz CT molecular complexity index is 225. The second-order valence-electron chi connectivity index (χ2n) is 3.18. The first kappa shape index (κ1) is 9.95. The fourth-order valence-electron chi connectivity index (χ4n) is 1.57. The summed E-state index contributed by atoms with van der Waals surface area (Å²) in [7, 11) is -2.85. The minimum atomic E-state index is -2.85. The van der Waals surface area contributed by atoms with Crippen LogP contribution in [0.4, 0.5) is 0 Å². The lowest BCUT2D eigenvalue weighted by atomic mass is 10.1. The van der Waals surface area contributed by atoms with Gasteiger partial charge in [0.2, 0.25) is 0 Å². The van der Waals surface area contributed by atoms with Crippen LogP contribution in [0.25, 0.3) is 0 Å². The summed E-state index contributed by atoms with van der Waals surface area (Å²) in [4.78, 5) is 0. The highest BCUT2D eigenvalue weighted by atomic mass is 32.2. The van der Waals surface area contributed by atoms with Crippen molar-refractivity contribution >= 4 is 9.84 Å². The first-order valence-corrected chi connectivity index (χ1v) is 5.97. The molecule has 1 rings (SSSR count). The molecule has 0 aromatic rings. The SMILES string of the molecule is O=S1(=O)CCCCC1CCNO. The molecule has 1 aliphatic rings. The van der Waals surface area contributed by atoms with Crippen molar-refractivity contribution < 1.29 is 13.6 Å². The van der Waals surface area contributed by atoms with E-state index < -0.39 is 9.84 Å². The summed E-state index contributed by atoms with van der Waals surface area (Å²) < 4.78 is 22.8. The largest absolute Gasteiger partial charge is 0.317 e. The topological polar surface area (TPSA) is 66.4 Å². The molecule has 72 valence electrons. The highest BCUT2D eigenvalue weighted by Gasteiger charge is 2.27. The van der Waals surface area contributed by atoms with Crippen molar-refractivity contribution in [1.29, 1.82) is 0 Å². The first-order valence-electron chi connectivity index (χ1n) is 4.25. The van der Waals surface area contributed by atoms with Crippen LogP contribution in [0.2, 0.25) is 0 Å². The van der Waals surface area contributed by atoms with Crippen molar-refractivity contribution in [2.24, 2.45) is 0 Å². The molecular weight excluding hydrogens is 178 g/mol. The van der Waals surface area contributed by atoms with Crippen LogP contribution in [0, 0.1) is 0 Å². The second-order valence-corrected chi connectivity index (χ2v) is 5.58. The van der Waals surface area contributed by atoms with Crippen molar-refractivity contribution in [3.8, 4) is 0 Å². The van der Waals surface area contributed by atoms with E-state index in [0.29, 0.717) is 18.7 Å². The summed E-state index contributed by atoms with van der Waals surface area (Å²) in [6, 6.07) is 0. The predicted molar refractivity (Wildman–Crippen MR) is 45.8 cm³/mol. The Kier molecular flexibility index (Phi) is 3.49. The molecule has 1 fully saturated rings. The number of hydrogen-bond acceptors (Lipinski definition) is 4. The van der Waals surface area contributed by atoms with E-state index in [2.05, 4.69) is 0 Å². The Morgan fingerprint density at radius 1 is 1.42 bits per heavy atom.